The fraction of sp³-hybridized carbons (Fsp3) is 0.357. The van der Waals surface area contributed by atoms with E-state index in [1.807, 2.05) is 12.1 Å². The molecule has 0 saturated carbocycles. The minimum absolute atomic E-state index is 0.333. The van der Waals surface area contributed by atoms with Crippen molar-refractivity contribution in [2.45, 2.75) is 13.0 Å². The maximum atomic E-state index is 5.64. The highest BCUT2D eigenvalue weighted by Gasteiger charge is 2.06. The molecule has 20 heavy (non-hydrogen) atoms. The summed E-state index contributed by atoms with van der Waals surface area (Å²) in [6.45, 7) is 2.33. The topological polar surface area (TPSA) is 64.9 Å². The van der Waals surface area contributed by atoms with Gasteiger partial charge in [-0.15, -0.1) is 10.2 Å². The first kappa shape index (κ1) is 12.8. The van der Waals surface area contributed by atoms with Crippen molar-refractivity contribution in [3.63, 3.8) is 0 Å². The zero-order valence-corrected chi connectivity index (χ0v) is 11.4. The molecule has 0 radical (unpaired) electrons. The van der Waals surface area contributed by atoms with Gasteiger partial charge in [0.05, 0.1) is 7.05 Å². The fourth-order valence-electron chi connectivity index (χ4n) is 2.18. The van der Waals surface area contributed by atoms with E-state index in [1.54, 1.807) is 7.05 Å². The van der Waals surface area contributed by atoms with Crippen molar-refractivity contribution in [1.82, 2.24) is 25.5 Å². The Balaban J connectivity index is 1.62. The molecule has 6 nitrogen and oxygen atoms in total. The number of ether oxygens (including phenoxy) is 1. The summed E-state index contributed by atoms with van der Waals surface area (Å²) in [6.07, 6.45) is 3.31. The summed E-state index contributed by atoms with van der Waals surface area (Å²) >= 11 is 0. The zero-order chi connectivity index (χ0) is 13.8. The van der Waals surface area contributed by atoms with Gasteiger partial charge in [0.25, 0.3) is 0 Å². The number of nitrogens with one attached hydrogen (secondary N) is 1. The lowest BCUT2D eigenvalue weighted by Crippen LogP contribution is -2.19. The van der Waals surface area contributed by atoms with E-state index in [1.165, 1.54) is 15.9 Å². The fourth-order valence-corrected chi connectivity index (χ4v) is 2.18. The molecule has 2 aromatic rings. The Kier molecular flexibility index (Phi) is 3.73. The second-order valence-electron chi connectivity index (χ2n) is 4.69. The first-order valence-electron chi connectivity index (χ1n) is 6.67. The first-order chi connectivity index (χ1) is 9.81. The van der Waals surface area contributed by atoms with Crippen LogP contribution in [0, 0.1) is 0 Å². The van der Waals surface area contributed by atoms with Gasteiger partial charge in [-0.05, 0) is 41.4 Å². The van der Waals surface area contributed by atoms with Gasteiger partial charge in [0, 0.05) is 6.54 Å². The van der Waals surface area contributed by atoms with Crippen molar-refractivity contribution < 1.29 is 4.74 Å². The Labute approximate surface area is 117 Å². The van der Waals surface area contributed by atoms with E-state index in [-0.39, 0.29) is 0 Å². The van der Waals surface area contributed by atoms with Gasteiger partial charge in [0.15, 0.2) is 6.61 Å². The van der Waals surface area contributed by atoms with Crippen molar-refractivity contribution in [2.24, 2.45) is 7.05 Å². The first-order valence-corrected chi connectivity index (χ1v) is 6.67. The summed E-state index contributed by atoms with van der Waals surface area (Å²) in [5.41, 5.74) is 2.65. The Morgan fingerprint density at radius 3 is 2.80 bits per heavy atom. The molecule has 0 amide bonds. The molecule has 0 spiro atoms. The van der Waals surface area contributed by atoms with Gasteiger partial charge >= 0.3 is 0 Å². The van der Waals surface area contributed by atoms with Crippen LogP contribution < -0.4 is 10.1 Å². The summed E-state index contributed by atoms with van der Waals surface area (Å²) < 4.78 is 5.64. The van der Waals surface area contributed by atoms with E-state index in [0.717, 1.165) is 25.3 Å². The van der Waals surface area contributed by atoms with Crippen molar-refractivity contribution in [2.75, 3.05) is 13.1 Å². The van der Waals surface area contributed by atoms with Gasteiger partial charge in [0.1, 0.15) is 5.75 Å². The quantitative estimate of drug-likeness (QED) is 0.904. The van der Waals surface area contributed by atoms with Crippen LogP contribution in [-0.4, -0.2) is 33.3 Å². The van der Waals surface area contributed by atoms with E-state index in [4.69, 9.17) is 4.74 Å². The van der Waals surface area contributed by atoms with E-state index in [9.17, 15) is 0 Å². The predicted molar refractivity (Wildman–Crippen MR) is 75.0 cm³/mol. The van der Waals surface area contributed by atoms with Crippen molar-refractivity contribution in [3.8, 4) is 5.75 Å². The molecule has 1 aromatic carbocycles. The van der Waals surface area contributed by atoms with Crippen LogP contribution in [0.3, 0.4) is 0 Å². The number of benzene rings is 1. The molecular weight excluding hydrogens is 254 g/mol. The van der Waals surface area contributed by atoms with Crippen LogP contribution in [-0.2, 0) is 13.7 Å². The second kappa shape index (κ2) is 5.83. The van der Waals surface area contributed by atoms with E-state index in [2.05, 4.69) is 38.9 Å². The van der Waals surface area contributed by atoms with Gasteiger partial charge in [-0.3, -0.25) is 0 Å². The van der Waals surface area contributed by atoms with E-state index >= 15 is 0 Å². The molecule has 1 aromatic heterocycles. The molecule has 1 N–H and O–H groups in total. The minimum Gasteiger partial charge on any atom is -0.485 e. The molecule has 1 aliphatic rings. The molecule has 0 bridgehead atoms. The number of hydrogen-bond donors (Lipinski definition) is 1. The monoisotopic (exact) mass is 271 g/mol. The molecule has 0 fully saturated rings. The van der Waals surface area contributed by atoms with Gasteiger partial charge in [-0.25, -0.2) is 0 Å². The maximum absolute atomic E-state index is 5.64. The van der Waals surface area contributed by atoms with Gasteiger partial charge in [-0.1, -0.05) is 18.2 Å². The highest BCUT2D eigenvalue weighted by atomic mass is 16.5. The van der Waals surface area contributed by atoms with Crippen LogP contribution >= 0.6 is 0 Å². The van der Waals surface area contributed by atoms with Gasteiger partial charge < -0.3 is 10.1 Å². The maximum Gasteiger partial charge on any atom is 0.212 e. The third kappa shape index (κ3) is 3.03. The standard InChI is InChI=1S/C14H17N5O/c1-19-17-14(16-18-19)10-20-13-4-2-11(3-5-13)12-6-8-15-9-7-12/h2-6,15H,7-10H2,1H3. The number of aromatic nitrogens is 4. The summed E-state index contributed by atoms with van der Waals surface area (Å²) in [5, 5.41) is 15.0. The minimum atomic E-state index is 0.333. The Bertz CT molecular complexity index is 602. The Morgan fingerprint density at radius 1 is 1.30 bits per heavy atom. The van der Waals surface area contributed by atoms with Crippen LogP contribution in [0.15, 0.2) is 30.3 Å². The van der Waals surface area contributed by atoms with Crippen LogP contribution in [0.5, 0.6) is 5.75 Å². The molecule has 6 heteroatoms. The summed E-state index contributed by atoms with van der Waals surface area (Å²) in [7, 11) is 1.73. The molecule has 0 unspecified atom stereocenters. The summed E-state index contributed by atoms with van der Waals surface area (Å²) in [6, 6.07) is 8.15. The SMILES string of the molecule is Cn1nnc(COc2ccc(C3=CCNCC3)cc2)n1. The van der Waals surface area contributed by atoms with Crippen LogP contribution in [0.25, 0.3) is 5.57 Å². The van der Waals surface area contributed by atoms with Crippen molar-refractivity contribution in [1.29, 1.82) is 0 Å². The lowest BCUT2D eigenvalue weighted by atomic mass is 10.0. The molecule has 0 saturated heterocycles. The third-order valence-corrected chi connectivity index (χ3v) is 3.21. The molecule has 0 atom stereocenters. The van der Waals surface area contributed by atoms with Crippen LogP contribution in [0.2, 0.25) is 0 Å². The molecule has 0 aliphatic carbocycles. The van der Waals surface area contributed by atoms with Crippen molar-refractivity contribution >= 4 is 5.57 Å². The third-order valence-electron chi connectivity index (χ3n) is 3.21. The van der Waals surface area contributed by atoms with E-state index < -0.39 is 0 Å². The molecule has 1 aliphatic heterocycles. The highest BCUT2D eigenvalue weighted by Crippen LogP contribution is 2.22. The number of rotatable bonds is 4. The second-order valence-corrected chi connectivity index (χ2v) is 4.69. The Hall–Kier alpha value is -2.21. The van der Waals surface area contributed by atoms with Crippen molar-refractivity contribution in [3.05, 3.63) is 41.7 Å². The number of nitrogens with zero attached hydrogens (tertiary/aromatic N) is 4. The molecule has 2 heterocycles. The number of tetrazole rings is 1. The normalized spacial score (nSPS) is 14.9. The lowest BCUT2D eigenvalue weighted by molar-refractivity contribution is 0.295. The van der Waals surface area contributed by atoms with Crippen LogP contribution in [0.4, 0.5) is 0 Å². The molecule has 104 valence electrons. The highest BCUT2D eigenvalue weighted by molar-refractivity contribution is 5.67. The number of hydrogen-bond acceptors (Lipinski definition) is 5. The lowest BCUT2D eigenvalue weighted by Gasteiger charge is -2.14. The Morgan fingerprint density at radius 2 is 2.15 bits per heavy atom. The number of aryl methyl sites for hydroxylation is 1. The predicted octanol–water partition coefficient (Wildman–Crippen LogP) is 1.17. The molecule has 3 rings (SSSR count). The summed E-state index contributed by atoms with van der Waals surface area (Å²) in [5.74, 6) is 1.40. The largest absolute Gasteiger partial charge is 0.485 e. The van der Waals surface area contributed by atoms with E-state index in [0.29, 0.717) is 12.4 Å². The van der Waals surface area contributed by atoms with Crippen LogP contribution in [0.1, 0.15) is 17.8 Å². The zero-order valence-electron chi connectivity index (χ0n) is 11.4. The smallest absolute Gasteiger partial charge is 0.212 e. The average Bonchev–Trinajstić information content (AvgIpc) is 2.92. The summed E-state index contributed by atoms with van der Waals surface area (Å²) in [4.78, 5) is 1.42. The average molecular weight is 271 g/mol. The van der Waals surface area contributed by atoms with Gasteiger partial charge in [0.2, 0.25) is 5.82 Å². The van der Waals surface area contributed by atoms with Gasteiger partial charge in [-0.2, -0.15) is 4.80 Å². The molecular formula is C14H17N5O.